The molecule has 6 rings (SSSR count). The summed E-state index contributed by atoms with van der Waals surface area (Å²) in [7, 11) is 0. The average molecular weight is 445 g/mol. The maximum absolute atomic E-state index is 11.7. The number of aliphatic hydroxyl groups excluding tert-OH is 2. The number of ether oxygens (including phenoxy) is 1. The minimum Gasteiger partial charge on any atom is -0.393 e. The zero-order valence-corrected chi connectivity index (χ0v) is 21.7. The first kappa shape index (κ1) is 22.4. The van der Waals surface area contributed by atoms with Gasteiger partial charge in [-0.15, -0.1) is 0 Å². The summed E-state index contributed by atoms with van der Waals surface area (Å²) in [4.78, 5) is 0. The van der Waals surface area contributed by atoms with Gasteiger partial charge in [0, 0.05) is 0 Å². The monoisotopic (exact) mass is 444 g/mol. The molecule has 0 radical (unpaired) electrons. The smallest absolute Gasteiger partial charge is 0.0948 e. The highest BCUT2D eigenvalue weighted by Gasteiger charge is 2.73. The van der Waals surface area contributed by atoms with E-state index in [0.29, 0.717) is 41.1 Å². The Morgan fingerprint density at radius 1 is 0.688 bits per heavy atom. The fourth-order valence-corrected chi connectivity index (χ4v) is 11.6. The molecule has 0 amide bonds. The van der Waals surface area contributed by atoms with Crippen molar-refractivity contribution in [3.8, 4) is 0 Å². The molecule has 6 aliphatic rings. The molecule has 0 spiro atoms. The largest absolute Gasteiger partial charge is 0.393 e. The van der Waals surface area contributed by atoms with Crippen LogP contribution in [0.25, 0.3) is 0 Å². The van der Waals surface area contributed by atoms with E-state index in [2.05, 4.69) is 48.5 Å². The van der Waals surface area contributed by atoms with Crippen LogP contribution >= 0.6 is 0 Å². The van der Waals surface area contributed by atoms with Gasteiger partial charge in [-0.05, 0) is 115 Å². The Kier molecular flexibility index (Phi) is 4.44. The van der Waals surface area contributed by atoms with E-state index in [1.165, 1.54) is 32.1 Å². The van der Waals surface area contributed by atoms with Crippen LogP contribution in [0.3, 0.4) is 0 Å². The first-order chi connectivity index (χ1) is 14.8. The number of epoxide rings is 1. The highest BCUT2D eigenvalue weighted by Crippen LogP contribution is 2.74. The van der Waals surface area contributed by atoms with Crippen LogP contribution < -0.4 is 0 Å². The molecule has 13 atom stereocenters. The normalized spacial score (nSPS) is 65.0. The maximum Gasteiger partial charge on any atom is 0.0948 e. The zero-order valence-electron chi connectivity index (χ0n) is 21.7. The van der Waals surface area contributed by atoms with E-state index in [4.69, 9.17) is 4.74 Å². The molecule has 0 bridgehead atoms. The first-order valence-electron chi connectivity index (χ1n) is 13.8. The molecule has 3 nitrogen and oxygen atoms in total. The maximum atomic E-state index is 11.7. The molecule has 0 aromatic rings. The van der Waals surface area contributed by atoms with Crippen LogP contribution in [0, 0.1) is 57.2 Å². The van der Waals surface area contributed by atoms with Gasteiger partial charge in [-0.2, -0.15) is 0 Å². The van der Waals surface area contributed by atoms with E-state index in [0.717, 1.165) is 25.2 Å². The molecule has 1 saturated heterocycles. The van der Waals surface area contributed by atoms with Crippen molar-refractivity contribution in [2.45, 2.75) is 124 Å². The predicted molar refractivity (Wildman–Crippen MR) is 127 cm³/mol. The van der Waals surface area contributed by atoms with Gasteiger partial charge in [0.25, 0.3) is 0 Å². The second kappa shape index (κ2) is 6.35. The summed E-state index contributed by atoms with van der Waals surface area (Å²) < 4.78 is 6.29. The zero-order chi connectivity index (χ0) is 23.1. The second-order valence-corrected chi connectivity index (χ2v) is 14.9. The van der Waals surface area contributed by atoms with Crippen LogP contribution in [-0.2, 0) is 4.74 Å². The summed E-state index contributed by atoms with van der Waals surface area (Å²) in [6.07, 6.45) is 9.37. The van der Waals surface area contributed by atoms with E-state index in [1.807, 2.05) is 0 Å². The Labute approximate surface area is 196 Å². The minimum atomic E-state index is -0.209. The van der Waals surface area contributed by atoms with Gasteiger partial charge >= 0.3 is 0 Å². The van der Waals surface area contributed by atoms with Gasteiger partial charge in [0.15, 0.2) is 0 Å². The summed E-state index contributed by atoms with van der Waals surface area (Å²) in [5, 5.41) is 22.6. The van der Waals surface area contributed by atoms with E-state index in [1.54, 1.807) is 0 Å². The lowest BCUT2D eigenvalue weighted by Crippen LogP contribution is -2.66. The molecule has 0 unspecified atom stereocenters. The van der Waals surface area contributed by atoms with Crippen LogP contribution in [0.15, 0.2) is 0 Å². The van der Waals surface area contributed by atoms with Crippen LogP contribution in [-0.4, -0.2) is 34.1 Å². The van der Waals surface area contributed by atoms with Crippen molar-refractivity contribution in [2.24, 2.45) is 57.2 Å². The lowest BCUT2D eigenvalue weighted by atomic mass is 9.35. The Hall–Kier alpha value is -0.120. The van der Waals surface area contributed by atoms with Gasteiger partial charge < -0.3 is 14.9 Å². The molecular formula is C29H48O3. The van der Waals surface area contributed by atoms with Crippen molar-refractivity contribution < 1.29 is 14.9 Å². The number of hydrogen-bond donors (Lipinski definition) is 2. The van der Waals surface area contributed by atoms with Crippen molar-refractivity contribution in [2.75, 3.05) is 0 Å². The molecule has 32 heavy (non-hydrogen) atoms. The van der Waals surface area contributed by atoms with Crippen molar-refractivity contribution >= 4 is 0 Å². The van der Waals surface area contributed by atoms with Gasteiger partial charge in [-0.3, -0.25) is 0 Å². The molecule has 0 aromatic carbocycles. The fourth-order valence-electron chi connectivity index (χ4n) is 11.6. The summed E-state index contributed by atoms with van der Waals surface area (Å²) in [6.45, 7) is 17.0. The predicted octanol–water partition coefficient (Wildman–Crippen LogP) is 5.82. The van der Waals surface area contributed by atoms with Crippen LogP contribution in [0.5, 0.6) is 0 Å². The molecule has 1 heterocycles. The fraction of sp³-hybridized carbons (Fsp3) is 1.00. The molecule has 3 heteroatoms. The number of aliphatic hydroxyl groups is 2. The van der Waals surface area contributed by atoms with E-state index in [9.17, 15) is 10.2 Å². The van der Waals surface area contributed by atoms with Crippen molar-refractivity contribution in [3.05, 3.63) is 0 Å². The van der Waals surface area contributed by atoms with Gasteiger partial charge in [0.05, 0.1) is 23.9 Å². The van der Waals surface area contributed by atoms with Gasteiger partial charge in [0.1, 0.15) is 0 Å². The Morgan fingerprint density at radius 2 is 1.31 bits per heavy atom. The molecular weight excluding hydrogens is 396 g/mol. The van der Waals surface area contributed by atoms with E-state index < -0.39 is 0 Å². The van der Waals surface area contributed by atoms with E-state index >= 15 is 0 Å². The third-order valence-electron chi connectivity index (χ3n) is 13.7. The van der Waals surface area contributed by atoms with Gasteiger partial charge in [-0.1, -0.05) is 41.5 Å². The van der Waals surface area contributed by atoms with Gasteiger partial charge in [0.2, 0.25) is 0 Å². The average Bonchev–Trinajstić information content (AvgIpc) is 3.37. The lowest BCUT2D eigenvalue weighted by Gasteiger charge is -2.70. The summed E-state index contributed by atoms with van der Waals surface area (Å²) in [5.41, 5.74) is 0.639. The highest BCUT2D eigenvalue weighted by molar-refractivity contribution is 5.21. The van der Waals surface area contributed by atoms with Crippen LogP contribution in [0.1, 0.15) is 99.8 Å². The Balaban J connectivity index is 1.37. The van der Waals surface area contributed by atoms with Crippen molar-refractivity contribution in [1.82, 2.24) is 0 Å². The lowest BCUT2D eigenvalue weighted by molar-refractivity contribution is -0.238. The number of rotatable bonds is 0. The summed E-state index contributed by atoms with van der Waals surface area (Å²) in [5.74, 6) is 3.87. The quantitative estimate of drug-likeness (QED) is 0.463. The van der Waals surface area contributed by atoms with E-state index in [-0.39, 0.29) is 34.1 Å². The molecule has 6 fully saturated rings. The topological polar surface area (TPSA) is 53.0 Å². The SMILES string of the molecule is C[C@H]1[C@@H]2[C@H]3CC[C@H]4[C@@H](CC[C@H]5C(C)(C)[C@@H](O)CC[C@]45C)[C@]3(C)C[C@H](O)[C@@]2(C)C[C@H]2O[C@]21C. The Morgan fingerprint density at radius 3 is 2.03 bits per heavy atom. The second-order valence-electron chi connectivity index (χ2n) is 14.9. The van der Waals surface area contributed by atoms with Crippen molar-refractivity contribution in [1.29, 1.82) is 0 Å². The summed E-state index contributed by atoms with van der Waals surface area (Å²) in [6, 6.07) is 0. The number of hydrogen-bond acceptors (Lipinski definition) is 3. The highest BCUT2D eigenvalue weighted by atomic mass is 16.6. The molecule has 0 aromatic heterocycles. The minimum absolute atomic E-state index is 0.00908. The third kappa shape index (κ3) is 2.45. The number of fused-ring (bicyclic) bond motifs is 8. The summed E-state index contributed by atoms with van der Waals surface area (Å²) >= 11 is 0. The molecule has 1 aliphatic heterocycles. The van der Waals surface area contributed by atoms with Gasteiger partial charge in [-0.25, -0.2) is 0 Å². The molecule has 182 valence electrons. The van der Waals surface area contributed by atoms with Crippen LogP contribution in [0.2, 0.25) is 0 Å². The van der Waals surface area contributed by atoms with Crippen molar-refractivity contribution in [3.63, 3.8) is 0 Å². The molecule has 5 saturated carbocycles. The Bertz CT molecular complexity index is 808. The first-order valence-corrected chi connectivity index (χ1v) is 13.8. The molecule has 2 N–H and O–H groups in total. The van der Waals surface area contributed by atoms with Crippen LogP contribution in [0.4, 0.5) is 0 Å². The molecule has 5 aliphatic carbocycles. The third-order valence-corrected chi connectivity index (χ3v) is 13.7. The standard InChI is InChI=1S/C29H48O3/c1-16-24-19-9-8-17-18(10-11-20-25(2,3)21(30)12-13-26(17,20)4)27(19,5)14-22(31)28(24,6)15-23-29(16,7)32-23/h16-24,30-31H,8-15H2,1-7H3/t16-,17-,18+,19+,20-,21-,22-,23+,24+,26+,27-,28+,29-/m0/s1.